The molecule has 1 aromatic carbocycles. The van der Waals surface area contributed by atoms with Gasteiger partial charge in [0.05, 0.1) is 18.1 Å². The quantitative estimate of drug-likeness (QED) is 0.746. The Balaban J connectivity index is 1.29. The Labute approximate surface area is 183 Å². The molecule has 4 saturated carbocycles. The van der Waals surface area contributed by atoms with E-state index in [1.807, 2.05) is 38.1 Å². The maximum atomic E-state index is 13.5. The minimum atomic E-state index is -0.560. The smallest absolute Gasteiger partial charge is 0.247 e. The van der Waals surface area contributed by atoms with Gasteiger partial charge >= 0.3 is 0 Å². The minimum Gasteiger partial charge on any atom is -0.344 e. The fraction of sp³-hybridized carbons (Fsp3) is 0.583. The van der Waals surface area contributed by atoms with Gasteiger partial charge < -0.3 is 10.6 Å². The zero-order valence-corrected chi connectivity index (χ0v) is 18.3. The molecule has 0 unspecified atom stereocenters. The monoisotopic (exact) mass is 421 g/mol. The molecule has 164 valence electrons. The van der Waals surface area contributed by atoms with Crippen molar-refractivity contribution in [1.29, 1.82) is 0 Å². The Morgan fingerprint density at radius 1 is 1.10 bits per heavy atom. The van der Waals surface area contributed by atoms with Crippen molar-refractivity contribution < 1.29 is 9.59 Å². The number of nitrogens with one attached hydrogen (secondary N) is 2. The summed E-state index contributed by atoms with van der Waals surface area (Å²) in [6, 6.07) is 6.90. The molecule has 4 bridgehead atoms. The zero-order valence-electron chi connectivity index (χ0n) is 18.3. The highest BCUT2D eigenvalue weighted by molar-refractivity contribution is 5.98. The van der Waals surface area contributed by atoms with Crippen LogP contribution in [0, 0.1) is 29.1 Å². The van der Waals surface area contributed by atoms with Crippen LogP contribution >= 0.6 is 0 Å². The van der Waals surface area contributed by atoms with E-state index in [1.54, 1.807) is 17.1 Å². The summed E-state index contributed by atoms with van der Waals surface area (Å²) in [6.07, 6.45) is 10.2. The second-order valence-electron chi connectivity index (χ2n) is 10.3. The lowest BCUT2D eigenvalue weighted by Crippen LogP contribution is -2.57. The molecule has 1 atom stereocenters. The van der Waals surface area contributed by atoms with E-state index in [1.165, 1.54) is 19.3 Å². The third-order valence-corrected chi connectivity index (χ3v) is 7.56. The van der Waals surface area contributed by atoms with Crippen LogP contribution in [0.15, 0.2) is 36.7 Å². The summed E-state index contributed by atoms with van der Waals surface area (Å²) in [5, 5.41) is 14.0. The number of anilines is 1. The summed E-state index contributed by atoms with van der Waals surface area (Å²) in [6.45, 7) is 3.96. The van der Waals surface area contributed by atoms with Crippen LogP contribution in [0.5, 0.6) is 0 Å². The van der Waals surface area contributed by atoms with Gasteiger partial charge in [-0.05, 0) is 80.4 Å². The Morgan fingerprint density at radius 2 is 1.77 bits per heavy atom. The molecule has 2 aromatic rings. The zero-order chi connectivity index (χ0) is 21.6. The summed E-state index contributed by atoms with van der Waals surface area (Å²) < 4.78 is 1.64. The van der Waals surface area contributed by atoms with Crippen LogP contribution in [-0.2, 0) is 9.59 Å². The lowest BCUT2D eigenvalue weighted by molar-refractivity contribution is -0.148. The molecular weight excluding hydrogens is 390 g/mol. The summed E-state index contributed by atoms with van der Waals surface area (Å²) in [4.78, 5) is 26.6. The maximum Gasteiger partial charge on any atom is 0.247 e. The van der Waals surface area contributed by atoms with Crippen LogP contribution in [0.3, 0.4) is 0 Å². The van der Waals surface area contributed by atoms with Crippen LogP contribution in [0.1, 0.15) is 52.4 Å². The molecule has 4 fully saturated rings. The van der Waals surface area contributed by atoms with E-state index in [4.69, 9.17) is 0 Å². The second kappa shape index (κ2) is 7.77. The van der Waals surface area contributed by atoms with Crippen LogP contribution in [0.4, 0.5) is 5.69 Å². The molecule has 7 nitrogen and oxygen atoms in total. The number of hydrogen-bond acceptors (Lipinski definition) is 4. The van der Waals surface area contributed by atoms with E-state index in [0.717, 1.165) is 24.9 Å². The second-order valence-corrected chi connectivity index (χ2v) is 10.3. The van der Waals surface area contributed by atoms with Gasteiger partial charge in [-0.2, -0.15) is 0 Å². The highest BCUT2D eigenvalue weighted by Crippen LogP contribution is 2.60. The number of carbonyl (C=O) groups excluding carboxylic acids is 2. The largest absolute Gasteiger partial charge is 0.344 e. The number of aromatic nitrogens is 3. The van der Waals surface area contributed by atoms with E-state index in [-0.39, 0.29) is 23.1 Å². The molecule has 0 spiro atoms. The van der Waals surface area contributed by atoms with Crippen molar-refractivity contribution in [2.75, 3.05) is 5.32 Å². The lowest BCUT2D eigenvalue weighted by Gasteiger charge is -2.55. The highest BCUT2D eigenvalue weighted by Gasteiger charge is 2.55. The van der Waals surface area contributed by atoms with E-state index in [2.05, 4.69) is 20.9 Å². The average molecular weight is 422 g/mol. The predicted octanol–water partition coefficient (Wildman–Crippen LogP) is 3.56. The third-order valence-electron chi connectivity index (χ3n) is 7.56. The molecule has 1 aromatic heterocycles. The fourth-order valence-electron chi connectivity index (χ4n) is 6.51. The van der Waals surface area contributed by atoms with E-state index >= 15 is 0 Å². The van der Waals surface area contributed by atoms with Gasteiger partial charge in [0.1, 0.15) is 6.04 Å². The van der Waals surface area contributed by atoms with Crippen LogP contribution in [0.2, 0.25) is 0 Å². The maximum absolute atomic E-state index is 13.5. The van der Waals surface area contributed by atoms with E-state index in [9.17, 15) is 9.59 Å². The third kappa shape index (κ3) is 3.86. The van der Waals surface area contributed by atoms with Gasteiger partial charge in [-0.25, -0.2) is 4.68 Å². The van der Waals surface area contributed by atoms with Crippen molar-refractivity contribution in [3.05, 3.63) is 36.7 Å². The molecule has 2 amide bonds. The molecule has 0 radical (unpaired) electrons. The van der Waals surface area contributed by atoms with Crippen molar-refractivity contribution in [1.82, 2.24) is 20.3 Å². The first-order chi connectivity index (χ1) is 14.9. The summed E-state index contributed by atoms with van der Waals surface area (Å²) in [7, 11) is 0. The predicted molar refractivity (Wildman–Crippen MR) is 117 cm³/mol. The van der Waals surface area contributed by atoms with Gasteiger partial charge in [0.2, 0.25) is 11.8 Å². The summed E-state index contributed by atoms with van der Waals surface area (Å²) >= 11 is 0. The van der Waals surface area contributed by atoms with Gasteiger partial charge in [-0.15, -0.1) is 5.10 Å². The molecule has 2 N–H and O–H groups in total. The molecule has 31 heavy (non-hydrogen) atoms. The van der Waals surface area contributed by atoms with Gasteiger partial charge in [-0.1, -0.05) is 25.1 Å². The number of carbonyl (C=O) groups is 2. The van der Waals surface area contributed by atoms with Crippen molar-refractivity contribution in [3.8, 4) is 5.69 Å². The van der Waals surface area contributed by atoms with Crippen LogP contribution in [0.25, 0.3) is 5.69 Å². The molecule has 0 saturated heterocycles. The number of hydrogen-bond donors (Lipinski definition) is 2. The first kappa shape index (κ1) is 20.2. The number of nitrogens with zero attached hydrogens (tertiary/aromatic N) is 3. The first-order valence-corrected chi connectivity index (χ1v) is 11.5. The van der Waals surface area contributed by atoms with Crippen molar-refractivity contribution >= 4 is 17.5 Å². The van der Waals surface area contributed by atoms with Gasteiger partial charge in [0, 0.05) is 11.1 Å². The molecule has 1 heterocycles. The Morgan fingerprint density at radius 3 is 2.35 bits per heavy atom. The first-order valence-electron chi connectivity index (χ1n) is 11.5. The van der Waals surface area contributed by atoms with Crippen molar-refractivity contribution in [3.63, 3.8) is 0 Å². The minimum absolute atomic E-state index is 0.00337. The van der Waals surface area contributed by atoms with Gasteiger partial charge in [0.25, 0.3) is 0 Å². The van der Waals surface area contributed by atoms with Crippen LogP contribution in [-0.4, -0.2) is 32.9 Å². The molecule has 4 aliphatic carbocycles. The normalized spacial score (nSPS) is 29.7. The summed E-state index contributed by atoms with van der Waals surface area (Å²) in [5.41, 5.74) is 1.23. The number of rotatable bonds is 6. The number of amides is 2. The SMILES string of the molecule is CC(C)[C@@H](NC(=O)C12CC3CC(CC(C3)C1)C2)C(=O)Nc1cccc(-n2ccnn2)c1. The highest BCUT2D eigenvalue weighted by atomic mass is 16.2. The van der Waals surface area contributed by atoms with Crippen molar-refractivity contribution in [2.24, 2.45) is 29.1 Å². The Kier molecular flexibility index (Phi) is 5.07. The van der Waals surface area contributed by atoms with Gasteiger partial charge in [0.15, 0.2) is 0 Å². The standard InChI is InChI=1S/C24H31N5O2/c1-15(2)21(22(30)26-19-4-3-5-20(11-19)29-7-6-25-28-29)27-23(31)24-12-16-8-17(13-24)10-18(9-16)14-24/h3-7,11,15-18,21H,8-10,12-14H2,1-2H3,(H,26,30)(H,27,31)/t16?,17?,18?,21-,24?/m1/s1. The molecule has 4 aliphatic rings. The molecule has 6 rings (SSSR count). The average Bonchev–Trinajstić information content (AvgIpc) is 3.25. The Bertz CT molecular complexity index is 933. The van der Waals surface area contributed by atoms with E-state index < -0.39 is 6.04 Å². The fourth-order valence-corrected chi connectivity index (χ4v) is 6.51. The summed E-state index contributed by atoms with van der Waals surface area (Å²) in [5.74, 6) is 2.01. The van der Waals surface area contributed by atoms with E-state index in [0.29, 0.717) is 23.4 Å². The lowest BCUT2D eigenvalue weighted by atomic mass is 9.49. The number of benzene rings is 1. The van der Waals surface area contributed by atoms with Crippen molar-refractivity contribution in [2.45, 2.75) is 58.4 Å². The topological polar surface area (TPSA) is 88.9 Å². The Hall–Kier alpha value is -2.70. The molecule has 7 heteroatoms. The van der Waals surface area contributed by atoms with Crippen LogP contribution < -0.4 is 10.6 Å². The van der Waals surface area contributed by atoms with Gasteiger partial charge in [-0.3, -0.25) is 9.59 Å². The molecule has 0 aliphatic heterocycles. The molecular formula is C24H31N5O2.